The molecule has 2 heterocycles. The van der Waals surface area contributed by atoms with Crippen LogP contribution < -0.4 is 0 Å². The largest absolute Gasteiger partial charge is 0.342 e. The van der Waals surface area contributed by atoms with E-state index in [-0.39, 0.29) is 11.8 Å². The van der Waals surface area contributed by atoms with Gasteiger partial charge in [-0.05, 0) is 43.7 Å². The van der Waals surface area contributed by atoms with Crippen LogP contribution in [0.15, 0.2) is 36.4 Å². The Kier molecular flexibility index (Phi) is 5.68. The van der Waals surface area contributed by atoms with E-state index in [2.05, 4.69) is 0 Å². The molecule has 24 heavy (non-hydrogen) atoms. The third kappa shape index (κ3) is 4.25. The molecule has 1 aromatic rings. The summed E-state index contributed by atoms with van der Waals surface area (Å²) in [5.74, 6) is 0.453. The van der Waals surface area contributed by atoms with Gasteiger partial charge in [-0.1, -0.05) is 30.3 Å². The lowest BCUT2D eigenvalue weighted by molar-refractivity contribution is -0.140. The fourth-order valence-electron chi connectivity index (χ4n) is 3.56. The normalized spacial score (nSPS) is 19.7. The molecule has 0 unspecified atom stereocenters. The van der Waals surface area contributed by atoms with Gasteiger partial charge in [-0.3, -0.25) is 9.59 Å². The Balaban J connectivity index is 1.48. The summed E-state index contributed by atoms with van der Waals surface area (Å²) in [6.07, 6.45) is 8.58. The molecule has 0 aliphatic carbocycles. The number of amides is 2. The first-order valence-electron chi connectivity index (χ1n) is 9.05. The van der Waals surface area contributed by atoms with E-state index < -0.39 is 0 Å². The lowest BCUT2D eigenvalue weighted by atomic mass is 9.94. The molecule has 0 bridgehead atoms. The molecule has 0 aromatic heterocycles. The second-order valence-electron chi connectivity index (χ2n) is 6.73. The molecule has 0 radical (unpaired) electrons. The topological polar surface area (TPSA) is 40.6 Å². The van der Waals surface area contributed by atoms with E-state index in [1.54, 1.807) is 6.08 Å². The van der Waals surface area contributed by atoms with Crippen molar-refractivity contribution in [3.63, 3.8) is 0 Å². The Bertz CT molecular complexity index is 583. The Morgan fingerprint density at radius 3 is 2.21 bits per heavy atom. The SMILES string of the molecule is O=C(/C=C/c1ccccc1)N1CCC(C(=O)N2CCCCC2)CC1. The van der Waals surface area contributed by atoms with E-state index in [4.69, 9.17) is 0 Å². The molecular formula is C20H26N2O2. The minimum atomic E-state index is 0.0442. The van der Waals surface area contributed by atoms with Crippen LogP contribution in [0.5, 0.6) is 0 Å². The van der Waals surface area contributed by atoms with E-state index >= 15 is 0 Å². The number of likely N-dealkylation sites (tertiary alicyclic amines) is 2. The molecular weight excluding hydrogens is 300 g/mol. The van der Waals surface area contributed by atoms with Gasteiger partial charge in [0.25, 0.3) is 0 Å². The molecule has 0 atom stereocenters. The smallest absolute Gasteiger partial charge is 0.246 e. The predicted octanol–water partition coefficient (Wildman–Crippen LogP) is 2.95. The molecule has 0 N–H and O–H groups in total. The lowest BCUT2D eigenvalue weighted by Crippen LogP contribution is -2.45. The number of rotatable bonds is 3. The fraction of sp³-hybridized carbons (Fsp3) is 0.500. The summed E-state index contributed by atoms with van der Waals surface area (Å²) in [6, 6.07) is 9.84. The average Bonchev–Trinajstić information content (AvgIpc) is 2.67. The van der Waals surface area contributed by atoms with Crippen LogP contribution in [0.4, 0.5) is 0 Å². The van der Waals surface area contributed by atoms with Gasteiger partial charge in [0.05, 0.1) is 0 Å². The van der Waals surface area contributed by atoms with Crippen molar-refractivity contribution in [2.45, 2.75) is 32.1 Å². The van der Waals surface area contributed by atoms with Crippen molar-refractivity contribution in [3.8, 4) is 0 Å². The number of nitrogens with zero attached hydrogens (tertiary/aromatic N) is 2. The van der Waals surface area contributed by atoms with Crippen molar-refractivity contribution >= 4 is 17.9 Å². The van der Waals surface area contributed by atoms with Gasteiger partial charge < -0.3 is 9.80 Å². The van der Waals surface area contributed by atoms with Crippen molar-refractivity contribution in [3.05, 3.63) is 42.0 Å². The van der Waals surface area contributed by atoms with Crippen LogP contribution in [-0.2, 0) is 9.59 Å². The quantitative estimate of drug-likeness (QED) is 0.801. The van der Waals surface area contributed by atoms with Gasteiger partial charge in [-0.25, -0.2) is 0 Å². The van der Waals surface area contributed by atoms with E-state index in [1.165, 1.54) is 6.42 Å². The van der Waals surface area contributed by atoms with Crippen LogP contribution in [0.1, 0.15) is 37.7 Å². The fourth-order valence-corrected chi connectivity index (χ4v) is 3.56. The number of benzene rings is 1. The number of piperidine rings is 2. The second kappa shape index (κ2) is 8.13. The third-order valence-electron chi connectivity index (χ3n) is 5.04. The van der Waals surface area contributed by atoms with Gasteiger partial charge in [0.2, 0.25) is 11.8 Å². The summed E-state index contributed by atoms with van der Waals surface area (Å²) < 4.78 is 0. The molecule has 2 aliphatic heterocycles. The second-order valence-corrected chi connectivity index (χ2v) is 6.73. The summed E-state index contributed by atoms with van der Waals surface area (Å²) in [6.45, 7) is 3.19. The summed E-state index contributed by atoms with van der Waals surface area (Å²) in [7, 11) is 0. The molecule has 1 aromatic carbocycles. The molecule has 2 saturated heterocycles. The first-order chi connectivity index (χ1) is 11.7. The van der Waals surface area contributed by atoms with Crippen LogP contribution in [0.3, 0.4) is 0 Å². The first kappa shape index (κ1) is 16.7. The molecule has 128 valence electrons. The number of carbonyl (C=O) groups is 2. The maximum absolute atomic E-state index is 12.5. The van der Waals surface area contributed by atoms with Crippen LogP contribution >= 0.6 is 0 Å². The minimum Gasteiger partial charge on any atom is -0.342 e. The van der Waals surface area contributed by atoms with E-state index in [0.717, 1.165) is 44.3 Å². The summed E-state index contributed by atoms with van der Waals surface area (Å²) in [4.78, 5) is 28.7. The molecule has 3 rings (SSSR count). The number of carbonyl (C=O) groups excluding carboxylic acids is 2. The van der Waals surface area contributed by atoms with Gasteiger partial charge in [-0.2, -0.15) is 0 Å². The maximum atomic E-state index is 12.5. The van der Waals surface area contributed by atoms with Crippen molar-refractivity contribution in [1.29, 1.82) is 0 Å². The van der Waals surface area contributed by atoms with Gasteiger partial charge in [-0.15, -0.1) is 0 Å². The van der Waals surface area contributed by atoms with Crippen LogP contribution in [-0.4, -0.2) is 47.8 Å². The van der Waals surface area contributed by atoms with E-state index in [1.807, 2.05) is 46.2 Å². The zero-order chi connectivity index (χ0) is 16.8. The monoisotopic (exact) mass is 326 g/mol. The highest BCUT2D eigenvalue weighted by Gasteiger charge is 2.30. The highest BCUT2D eigenvalue weighted by Crippen LogP contribution is 2.22. The van der Waals surface area contributed by atoms with Gasteiger partial charge in [0.1, 0.15) is 0 Å². The molecule has 4 heteroatoms. The summed E-state index contributed by atoms with van der Waals surface area (Å²) >= 11 is 0. The third-order valence-corrected chi connectivity index (χ3v) is 5.04. The zero-order valence-corrected chi connectivity index (χ0v) is 14.2. The highest BCUT2D eigenvalue weighted by molar-refractivity contribution is 5.92. The van der Waals surface area contributed by atoms with E-state index in [9.17, 15) is 9.59 Å². The highest BCUT2D eigenvalue weighted by atomic mass is 16.2. The predicted molar refractivity (Wildman–Crippen MR) is 95.2 cm³/mol. The Labute approximate surface area is 144 Å². The van der Waals surface area contributed by atoms with Crippen LogP contribution in [0, 0.1) is 5.92 Å². The molecule has 0 spiro atoms. The van der Waals surface area contributed by atoms with Crippen LogP contribution in [0.25, 0.3) is 6.08 Å². The summed E-state index contributed by atoms with van der Waals surface area (Å²) in [5.41, 5.74) is 1.03. The van der Waals surface area contributed by atoms with Gasteiger partial charge >= 0.3 is 0 Å². The molecule has 2 aliphatic rings. The Morgan fingerprint density at radius 1 is 0.875 bits per heavy atom. The van der Waals surface area contributed by atoms with Crippen molar-refractivity contribution < 1.29 is 9.59 Å². The van der Waals surface area contributed by atoms with Crippen molar-refractivity contribution in [2.75, 3.05) is 26.2 Å². The minimum absolute atomic E-state index is 0.0442. The average molecular weight is 326 g/mol. The molecule has 2 amide bonds. The Morgan fingerprint density at radius 2 is 1.54 bits per heavy atom. The zero-order valence-electron chi connectivity index (χ0n) is 14.2. The van der Waals surface area contributed by atoms with E-state index in [0.29, 0.717) is 19.0 Å². The first-order valence-corrected chi connectivity index (χ1v) is 9.05. The lowest BCUT2D eigenvalue weighted by Gasteiger charge is -2.35. The maximum Gasteiger partial charge on any atom is 0.246 e. The molecule has 0 saturated carbocycles. The molecule has 4 nitrogen and oxygen atoms in total. The Hall–Kier alpha value is -2.10. The number of hydrogen-bond acceptors (Lipinski definition) is 2. The standard InChI is InChI=1S/C20H26N2O2/c23-19(10-9-17-7-3-1-4-8-17)21-15-11-18(12-16-21)20(24)22-13-5-2-6-14-22/h1,3-4,7-10,18H,2,5-6,11-16H2/b10-9+. The van der Waals surface area contributed by atoms with Crippen LogP contribution in [0.2, 0.25) is 0 Å². The number of hydrogen-bond donors (Lipinski definition) is 0. The van der Waals surface area contributed by atoms with Gasteiger partial charge in [0.15, 0.2) is 0 Å². The molecule has 2 fully saturated rings. The summed E-state index contributed by atoms with van der Waals surface area (Å²) in [5, 5.41) is 0. The van der Waals surface area contributed by atoms with Crippen molar-refractivity contribution in [2.24, 2.45) is 5.92 Å². The van der Waals surface area contributed by atoms with Crippen molar-refractivity contribution in [1.82, 2.24) is 9.80 Å². The van der Waals surface area contributed by atoms with Gasteiger partial charge in [0, 0.05) is 38.2 Å².